The second kappa shape index (κ2) is 6.33. The largest absolute Gasteiger partial charge is 0.389 e. The van der Waals surface area contributed by atoms with E-state index < -0.39 is 0 Å². The fourth-order valence-electron chi connectivity index (χ4n) is 2.88. The lowest BCUT2D eigenvalue weighted by molar-refractivity contribution is 0.535. The number of pyridine rings is 1. The molecule has 2 rings (SSSR count). The summed E-state index contributed by atoms with van der Waals surface area (Å²) in [5.41, 5.74) is 7.92. The van der Waals surface area contributed by atoms with Crippen molar-refractivity contribution in [1.29, 1.82) is 0 Å². The van der Waals surface area contributed by atoms with Crippen LogP contribution in [0.5, 0.6) is 0 Å². The lowest BCUT2D eigenvalue weighted by Gasteiger charge is -2.33. The Hall–Kier alpha value is -1.16. The zero-order valence-electron chi connectivity index (χ0n) is 11.8. The molecule has 0 atom stereocenters. The van der Waals surface area contributed by atoms with Crippen molar-refractivity contribution in [2.24, 2.45) is 11.7 Å². The number of nitrogens with zero attached hydrogens (tertiary/aromatic N) is 2. The minimum absolute atomic E-state index is 0.462. The van der Waals surface area contributed by atoms with Gasteiger partial charge in [-0.2, -0.15) is 0 Å². The zero-order chi connectivity index (χ0) is 13.8. The Kier molecular flexibility index (Phi) is 4.75. The highest BCUT2D eigenvalue weighted by Crippen LogP contribution is 2.30. The van der Waals surface area contributed by atoms with Gasteiger partial charge in [0.15, 0.2) is 0 Å². The average Bonchev–Trinajstić information content (AvgIpc) is 2.89. The van der Waals surface area contributed by atoms with E-state index in [0.717, 1.165) is 17.8 Å². The van der Waals surface area contributed by atoms with Crippen LogP contribution in [0.25, 0.3) is 0 Å². The van der Waals surface area contributed by atoms with Gasteiger partial charge in [-0.05, 0) is 24.8 Å². The van der Waals surface area contributed by atoms with Gasteiger partial charge in [0.05, 0.1) is 11.9 Å². The first-order valence-corrected chi connectivity index (χ1v) is 7.51. The molecular formula is C15H23N3S. The van der Waals surface area contributed by atoms with Crippen LogP contribution in [0, 0.1) is 5.92 Å². The Labute approximate surface area is 121 Å². The predicted octanol–water partition coefficient (Wildman–Crippen LogP) is 3.12. The molecule has 1 fully saturated rings. The van der Waals surface area contributed by atoms with Crippen molar-refractivity contribution in [2.75, 3.05) is 11.4 Å². The van der Waals surface area contributed by atoms with Crippen LogP contribution in [0.4, 0.5) is 5.69 Å². The topological polar surface area (TPSA) is 42.2 Å². The van der Waals surface area contributed by atoms with Crippen LogP contribution in [-0.4, -0.2) is 22.6 Å². The summed E-state index contributed by atoms with van der Waals surface area (Å²) in [7, 11) is 0. The molecule has 0 saturated heterocycles. The molecule has 0 radical (unpaired) electrons. The average molecular weight is 277 g/mol. The van der Waals surface area contributed by atoms with Gasteiger partial charge in [-0.1, -0.05) is 38.9 Å². The van der Waals surface area contributed by atoms with Gasteiger partial charge in [-0.15, -0.1) is 0 Å². The van der Waals surface area contributed by atoms with Gasteiger partial charge in [0.2, 0.25) is 0 Å². The first-order chi connectivity index (χ1) is 9.09. The summed E-state index contributed by atoms with van der Waals surface area (Å²) in [6, 6.07) is 2.54. The van der Waals surface area contributed by atoms with Gasteiger partial charge >= 0.3 is 0 Å². The molecule has 1 heterocycles. The molecule has 2 N–H and O–H groups in total. The molecule has 1 aromatic rings. The van der Waals surface area contributed by atoms with Crippen molar-refractivity contribution in [1.82, 2.24) is 4.98 Å². The quantitative estimate of drug-likeness (QED) is 0.840. The second-order valence-corrected chi connectivity index (χ2v) is 6.18. The van der Waals surface area contributed by atoms with Crippen LogP contribution >= 0.6 is 12.2 Å². The van der Waals surface area contributed by atoms with Crippen LogP contribution in [0.2, 0.25) is 0 Å². The molecule has 1 aliphatic carbocycles. The second-order valence-electron chi connectivity index (χ2n) is 5.74. The van der Waals surface area contributed by atoms with Crippen molar-refractivity contribution in [3.05, 3.63) is 24.0 Å². The predicted molar refractivity (Wildman–Crippen MR) is 84.6 cm³/mol. The van der Waals surface area contributed by atoms with Gasteiger partial charge in [0.1, 0.15) is 4.99 Å². The number of hydrogen-bond acceptors (Lipinski definition) is 3. The first kappa shape index (κ1) is 14.3. The Morgan fingerprint density at radius 2 is 2.16 bits per heavy atom. The molecule has 0 spiro atoms. The Balaban J connectivity index is 2.34. The van der Waals surface area contributed by atoms with Crippen molar-refractivity contribution < 1.29 is 0 Å². The molecule has 19 heavy (non-hydrogen) atoms. The van der Waals surface area contributed by atoms with Gasteiger partial charge in [0, 0.05) is 24.3 Å². The fraction of sp³-hybridized carbons (Fsp3) is 0.600. The van der Waals surface area contributed by atoms with E-state index >= 15 is 0 Å². The molecule has 104 valence electrons. The maximum atomic E-state index is 5.86. The minimum atomic E-state index is 0.462. The van der Waals surface area contributed by atoms with Crippen LogP contribution in [0.15, 0.2) is 18.5 Å². The third-order valence-corrected chi connectivity index (χ3v) is 3.92. The summed E-state index contributed by atoms with van der Waals surface area (Å²) < 4.78 is 0. The molecule has 1 saturated carbocycles. The fourth-order valence-corrected chi connectivity index (χ4v) is 3.05. The zero-order valence-corrected chi connectivity index (χ0v) is 12.6. The van der Waals surface area contributed by atoms with Gasteiger partial charge in [-0.25, -0.2) is 0 Å². The van der Waals surface area contributed by atoms with E-state index in [9.17, 15) is 0 Å². The SMILES string of the molecule is CC(C)CN(c1cnccc1C(N)=S)C1CCCC1. The summed E-state index contributed by atoms with van der Waals surface area (Å²) in [6.45, 7) is 5.53. The molecule has 0 amide bonds. The maximum absolute atomic E-state index is 5.86. The van der Waals surface area contributed by atoms with Crippen molar-refractivity contribution in [3.63, 3.8) is 0 Å². The molecule has 0 aromatic carbocycles. The Morgan fingerprint density at radius 3 is 2.74 bits per heavy atom. The van der Waals surface area contributed by atoms with Gasteiger partial charge in [-0.3, -0.25) is 4.98 Å². The summed E-state index contributed by atoms with van der Waals surface area (Å²) in [6.07, 6.45) is 8.84. The van der Waals surface area contributed by atoms with Crippen LogP contribution in [0.3, 0.4) is 0 Å². The number of anilines is 1. The number of hydrogen-bond donors (Lipinski definition) is 1. The maximum Gasteiger partial charge on any atom is 0.106 e. The minimum Gasteiger partial charge on any atom is -0.389 e. The van der Waals surface area contributed by atoms with Gasteiger partial charge in [0.25, 0.3) is 0 Å². The molecule has 0 bridgehead atoms. The highest BCUT2D eigenvalue weighted by molar-refractivity contribution is 7.80. The lowest BCUT2D eigenvalue weighted by atomic mass is 10.1. The first-order valence-electron chi connectivity index (χ1n) is 7.10. The van der Waals surface area contributed by atoms with Crippen LogP contribution in [-0.2, 0) is 0 Å². The summed E-state index contributed by atoms with van der Waals surface area (Å²) >= 11 is 5.18. The van der Waals surface area contributed by atoms with Crippen LogP contribution < -0.4 is 10.6 Å². The molecule has 0 unspecified atom stereocenters. The van der Waals surface area contributed by atoms with E-state index in [2.05, 4.69) is 23.7 Å². The van der Waals surface area contributed by atoms with E-state index in [1.807, 2.05) is 12.3 Å². The van der Waals surface area contributed by atoms with Gasteiger partial charge < -0.3 is 10.6 Å². The number of rotatable bonds is 5. The normalized spacial score (nSPS) is 15.9. The van der Waals surface area contributed by atoms with Crippen molar-refractivity contribution in [3.8, 4) is 0 Å². The van der Waals surface area contributed by atoms with Crippen molar-refractivity contribution >= 4 is 22.9 Å². The van der Waals surface area contributed by atoms with E-state index in [0.29, 0.717) is 16.9 Å². The third-order valence-electron chi connectivity index (χ3n) is 3.70. The molecule has 3 nitrogen and oxygen atoms in total. The summed E-state index contributed by atoms with van der Waals surface area (Å²) in [5, 5.41) is 0. The van der Waals surface area contributed by atoms with Crippen molar-refractivity contribution in [2.45, 2.75) is 45.6 Å². The smallest absolute Gasteiger partial charge is 0.106 e. The summed E-state index contributed by atoms with van der Waals surface area (Å²) in [4.78, 5) is 7.20. The highest BCUT2D eigenvalue weighted by Gasteiger charge is 2.25. The van der Waals surface area contributed by atoms with E-state index in [1.54, 1.807) is 6.20 Å². The highest BCUT2D eigenvalue weighted by atomic mass is 32.1. The van der Waals surface area contributed by atoms with Crippen LogP contribution in [0.1, 0.15) is 45.1 Å². The standard InChI is InChI=1S/C15H23N3S/c1-11(2)10-18(12-5-3-4-6-12)14-9-17-8-7-13(14)15(16)19/h7-9,11-12H,3-6,10H2,1-2H3,(H2,16,19). The molecule has 1 aliphatic rings. The lowest BCUT2D eigenvalue weighted by Crippen LogP contribution is -2.37. The summed E-state index contributed by atoms with van der Waals surface area (Å²) in [5.74, 6) is 0.611. The van der Waals surface area contributed by atoms with E-state index in [4.69, 9.17) is 18.0 Å². The Bertz CT molecular complexity index is 439. The molecule has 1 aromatic heterocycles. The third kappa shape index (κ3) is 3.44. The monoisotopic (exact) mass is 277 g/mol. The molecule has 4 heteroatoms. The number of aromatic nitrogens is 1. The van der Waals surface area contributed by atoms with E-state index in [1.165, 1.54) is 25.7 Å². The van der Waals surface area contributed by atoms with E-state index in [-0.39, 0.29) is 0 Å². The number of thiocarbonyl (C=S) groups is 1. The number of nitrogens with two attached hydrogens (primary N) is 1. The molecular weight excluding hydrogens is 254 g/mol. The molecule has 0 aliphatic heterocycles. The Morgan fingerprint density at radius 1 is 1.47 bits per heavy atom.